The Morgan fingerprint density at radius 1 is 0.879 bits per heavy atom. The Hall–Kier alpha value is -3.72. The molecule has 2 N–H and O–H groups in total. The van der Waals surface area contributed by atoms with E-state index in [1.165, 1.54) is 18.3 Å². The molecule has 0 saturated carbocycles. The van der Waals surface area contributed by atoms with Crippen molar-refractivity contribution in [1.29, 1.82) is 0 Å². The maximum Gasteiger partial charge on any atom is 0.416 e. The molecule has 1 fully saturated rings. The molecule has 0 spiro atoms. The van der Waals surface area contributed by atoms with Crippen LogP contribution in [-0.2, 0) is 6.18 Å². The minimum absolute atomic E-state index is 0.0224. The molecule has 0 aliphatic carbocycles. The van der Waals surface area contributed by atoms with Gasteiger partial charge in [0.1, 0.15) is 0 Å². The standard InChI is InChI=1S/C24H21F3N4O2/c25-24(26,27)20-5-7-21(8-6-20)30-22(32)19-13-18(14-29-15-19)16-1-3-17(4-2-16)23(33)31-11-9-28-10-12-31/h1-8,13-15,28H,9-12H2,(H,30,32). The number of piperazine rings is 1. The number of hydrogen-bond acceptors (Lipinski definition) is 4. The van der Waals surface area contributed by atoms with Crippen LogP contribution in [0.15, 0.2) is 67.0 Å². The van der Waals surface area contributed by atoms with E-state index in [4.69, 9.17) is 0 Å². The molecule has 6 nitrogen and oxygen atoms in total. The number of hydrogen-bond donors (Lipinski definition) is 2. The second-order valence-corrected chi connectivity index (χ2v) is 7.61. The summed E-state index contributed by atoms with van der Waals surface area (Å²) in [5, 5.41) is 5.79. The van der Waals surface area contributed by atoms with Gasteiger partial charge >= 0.3 is 6.18 Å². The summed E-state index contributed by atoms with van der Waals surface area (Å²) in [6.45, 7) is 2.88. The molecule has 1 aliphatic heterocycles. The third kappa shape index (κ3) is 5.38. The minimum atomic E-state index is -4.44. The number of nitrogens with one attached hydrogen (secondary N) is 2. The van der Waals surface area contributed by atoms with Gasteiger partial charge in [0, 0.05) is 55.4 Å². The Morgan fingerprint density at radius 3 is 2.18 bits per heavy atom. The summed E-state index contributed by atoms with van der Waals surface area (Å²) in [4.78, 5) is 31.1. The number of alkyl halides is 3. The normalized spacial score (nSPS) is 14.1. The molecule has 0 radical (unpaired) electrons. The van der Waals surface area contributed by atoms with Crippen LogP contribution in [0.3, 0.4) is 0 Å². The zero-order valence-corrected chi connectivity index (χ0v) is 17.5. The van der Waals surface area contributed by atoms with Gasteiger partial charge in [0.15, 0.2) is 0 Å². The van der Waals surface area contributed by atoms with E-state index in [0.29, 0.717) is 24.2 Å². The van der Waals surface area contributed by atoms with Gasteiger partial charge in [0.25, 0.3) is 11.8 Å². The van der Waals surface area contributed by atoms with E-state index in [-0.39, 0.29) is 17.2 Å². The summed E-state index contributed by atoms with van der Waals surface area (Å²) in [5.74, 6) is -0.513. The summed E-state index contributed by atoms with van der Waals surface area (Å²) >= 11 is 0. The predicted molar refractivity (Wildman–Crippen MR) is 118 cm³/mol. The lowest BCUT2D eigenvalue weighted by Crippen LogP contribution is -2.46. The maximum absolute atomic E-state index is 12.7. The van der Waals surface area contributed by atoms with E-state index in [1.807, 2.05) is 0 Å². The molecule has 1 aromatic heterocycles. The van der Waals surface area contributed by atoms with Crippen LogP contribution in [0.4, 0.5) is 18.9 Å². The SMILES string of the molecule is O=C(Nc1ccc(C(F)(F)F)cc1)c1cncc(-c2ccc(C(=O)N3CCNCC3)cc2)c1. The van der Waals surface area contributed by atoms with Gasteiger partial charge in [-0.1, -0.05) is 12.1 Å². The molecule has 2 aromatic carbocycles. The van der Waals surface area contributed by atoms with Crippen molar-refractivity contribution in [2.45, 2.75) is 6.18 Å². The average molecular weight is 454 g/mol. The molecule has 3 aromatic rings. The Bertz CT molecular complexity index is 1140. The van der Waals surface area contributed by atoms with Gasteiger partial charge in [0.05, 0.1) is 11.1 Å². The molecular weight excluding hydrogens is 433 g/mol. The van der Waals surface area contributed by atoms with Gasteiger partial charge in [-0.25, -0.2) is 0 Å². The smallest absolute Gasteiger partial charge is 0.336 e. The molecule has 4 rings (SSSR count). The molecule has 170 valence electrons. The van der Waals surface area contributed by atoms with E-state index in [0.717, 1.165) is 30.8 Å². The molecule has 2 amide bonds. The number of aromatic nitrogens is 1. The van der Waals surface area contributed by atoms with E-state index in [1.54, 1.807) is 41.4 Å². The van der Waals surface area contributed by atoms with Crippen molar-refractivity contribution in [2.24, 2.45) is 0 Å². The fraction of sp³-hybridized carbons (Fsp3) is 0.208. The number of halogens is 3. The first-order valence-corrected chi connectivity index (χ1v) is 10.4. The van der Waals surface area contributed by atoms with E-state index in [2.05, 4.69) is 15.6 Å². The number of anilines is 1. The second kappa shape index (κ2) is 9.41. The lowest BCUT2D eigenvalue weighted by molar-refractivity contribution is -0.137. The predicted octanol–water partition coefficient (Wildman–Crippen LogP) is 4.07. The van der Waals surface area contributed by atoms with Crippen molar-refractivity contribution in [3.8, 4) is 11.1 Å². The van der Waals surface area contributed by atoms with Gasteiger partial charge in [-0.3, -0.25) is 14.6 Å². The topological polar surface area (TPSA) is 74.3 Å². The highest BCUT2D eigenvalue weighted by Crippen LogP contribution is 2.30. The molecule has 0 atom stereocenters. The van der Waals surface area contributed by atoms with Crippen LogP contribution < -0.4 is 10.6 Å². The van der Waals surface area contributed by atoms with E-state index >= 15 is 0 Å². The number of carbonyl (C=O) groups excluding carboxylic acids is 2. The highest BCUT2D eigenvalue weighted by Gasteiger charge is 2.30. The number of amides is 2. The van der Waals surface area contributed by atoms with Crippen LogP contribution in [0, 0.1) is 0 Å². The number of rotatable bonds is 4. The Morgan fingerprint density at radius 2 is 1.55 bits per heavy atom. The van der Waals surface area contributed by atoms with Crippen LogP contribution in [0.5, 0.6) is 0 Å². The molecule has 0 bridgehead atoms. The minimum Gasteiger partial charge on any atom is -0.336 e. The number of nitrogens with zero attached hydrogens (tertiary/aromatic N) is 2. The van der Waals surface area contributed by atoms with Crippen molar-refractivity contribution in [1.82, 2.24) is 15.2 Å². The number of pyridine rings is 1. The molecule has 9 heteroatoms. The van der Waals surface area contributed by atoms with Crippen LogP contribution in [0.1, 0.15) is 26.3 Å². The van der Waals surface area contributed by atoms with Crippen LogP contribution in [0.2, 0.25) is 0 Å². The van der Waals surface area contributed by atoms with Crippen LogP contribution in [0.25, 0.3) is 11.1 Å². The fourth-order valence-electron chi connectivity index (χ4n) is 3.52. The fourth-order valence-corrected chi connectivity index (χ4v) is 3.52. The van der Waals surface area contributed by atoms with Gasteiger partial charge < -0.3 is 15.5 Å². The Labute approximate surface area is 188 Å². The first-order chi connectivity index (χ1) is 15.8. The zero-order chi connectivity index (χ0) is 23.4. The average Bonchev–Trinajstić information content (AvgIpc) is 2.84. The summed E-state index contributed by atoms with van der Waals surface area (Å²) in [6, 6.07) is 12.9. The molecular formula is C24H21F3N4O2. The summed E-state index contributed by atoms with van der Waals surface area (Å²) in [7, 11) is 0. The van der Waals surface area contributed by atoms with Gasteiger partial charge in [-0.2, -0.15) is 13.2 Å². The molecule has 2 heterocycles. The zero-order valence-electron chi connectivity index (χ0n) is 17.5. The van der Waals surface area contributed by atoms with Crippen molar-refractivity contribution in [3.63, 3.8) is 0 Å². The van der Waals surface area contributed by atoms with Crippen LogP contribution >= 0.6 is 0 Å². The molecule has 0 unspecified atom stereocenters. The van der Waals surface area contributed by atoms with E-state index in [9.17, 15) is 22.8 Å². The third-order valence-electron chi connectivity index (χ3n) is 5.34. The summed E-state index contributed by atoms with van der Waals surface area (Å²) in [5.41, 5.74) is 1.76. The first-order valence-electron chi connectivity index (χ1n) is 10.4. The highest BCUT2D eigenvalue weighted by atomic mass is 19.4. The Kier molecular flexibility index (Phi) is 6.41. The van der Waals surface area contributed by atoms with E-state index < -0.39 is 17.6 Å². The third-order valence-corrected chi connectivity index (χ3v) is 5.34. The van der Waals surface area contributed by atoms with Gasteiger partial charge in [0.2, 0.25) is 0 Å². The van der Waals surface area contributed by atoms with Crippen molar-refractivity contribution >= 4 is 17.5 Å². The monoisotopic (exact) mass is 454 g/mol. The highest BCUT2D eigenvalue weighted by molar-refractivity contribution is 6.04. The van der Waals surface area contributed by atoms with Gasteiger partial charge in [-0.15, -0.1) is 0 Å². The Balaban J connectivity index is 1.46. The lowest BCUT2D eigenvalue weighted by atomic mass is 10.0. The second-order valence-electron chi connectivity index (χ2n) is 7.61. The van der Waals surface area contributed by atoms with Crippen molar-refractivity contribution < 1.29 is 22.8 Å². The maximum atomic E-state index is 12.7. The summed E-state index contributed by atoms with van der Waals surface area (Å²) in [6.07, 6.45) is -1.46. The van der Waals surface area contributed by atoms with Crippen LogP contribution in [-0.4, -0.2) is 47.9 Å². The largest absolute Gasteiger partial charge is 0.416 e. The quantitative estimate of drug-likeness (QED) is 0.624. The number of carbonyl (C=O) groups is 2. The van der Waals surface area contributed by atoms with Gasteiger partial charge in [-0.05, 0) is 48.0 Å². The number of benzene rings is 2. The molecule has 1 aliphatic rings. The van der Waals surface area contributed by atoms with Crippen molar-refractivity contribution in [3.05, 3.63) is 83.7 Å². The molecule has 1 saturated heterocycles. The lowest BCUT2D eigenvalue weighted by Gasteiger charge is -2.27. The molecule has 33 heavy (non-hydrogen) atoms. The van der Waals surface area contributed by atoms with Crippen molar-refractivity contribution in [2.75, 3.05) is 31.5 Å². The first kappa shape index (κ1) is 22.5. The summed E-state index contributed by atoms with van der Waals surface area (Å²) < 4.78 is 38.1.